The van der Waals surface area contributed by atoms with Gasteiger partial charge in [-0.05, 0) is 0 Å². The molecule has 0 radical (unpaired) electrons. The number of carbonyl (C=O) groups is 1. The first kappa shape index (κ1) is 7.91. The minimum Gasteiger partial charge on any atom is -1.00 e. The topological polar surface area (TPSA) is 53.9 Å². The van der Waals surface area contributed by atoms with E-state index in [1.165, 1.54) is 0 Å². The van der Waals surface area contributed by atoms with E-state index in [1.54, 1.807) is 0 Å². The van der Waals surface area contributed by atoms with Gasteiger partial charge < -0.3 is 27.5 Å². The Labute approximate surface area is 58.0 Å². The molecule has 0 spiro atoms. The summed E-state index contributed by atoms with van der Waals surface area (Å²) >= 11 is 0. The largest absolute Gasteiger partial charge is 1.00 e. The van der Waals surface area contributed by atoms with E-state index in [0.717, 1.165) is 6.42 Å². The average molecular weight is 182 g/mol. The summed E-state index contributed by atoms with van der Waals surface area (Å²) < 4.78 is 4.56. The smallest absolute Gasteiger partial charge is 0.364 e. The van der Waals surface area contributed by atoms with Crippen molar-refractivity contribution in [3.63, 3.8) is 0 Å². The molecule has 8 heavy (non-hydrogen) atoms. The van der Waals surface area contributed by atoms with Crippen LogP contribution in [0.1, 0.15) is 6.42 Å². The van der Waals surface area contributed by atoms with Gasteiger partial charge in [-0.3, -0.25) is 0 Å². The Morgan fingerprint density at radius 3 is 2.50 bits per heavy atom. The minimum absolute atomic E-state index is 0. The van der Waals surface area contributed by atoms with Crippen LogP contribution in [0.4, 0.5) is 0 Å². The molecule has 4 heteroatoms. The van der Waals surface area contributed by atoms with Crippen LogP contribution in [0.15, 0.2) is 0 Å². The van der Waals surface area contributed by atoms with Gasteiger partial charge in [-0.25, -0.2) is 4.79 Å². The number of ether oxygens (including phenoxy) is 1. The molecule has 1 heterocycles. The van der Waals surface area contributed by atoms with Crippen molar-refractivity contribution in [3.8, 4) is 0 Å². The first-order valence-electron chi connectivity index (χ1n) is 2.30. The summed E-state index contributed by atoms with van der Waals surface area (Å²) in [4.78, 5) is 10.3. The van der Waals surface area contributed by atoms with E-state index in [9.17, 15) is 4.79 Å². The minimum atomic E-state index is -0.153. The van der Waals surface area contributed by atoms with Crippen molar-refractivity contribution >= 4 is 5.97 Å². The maximum atomic E-state index is 10.3. The maximum absolute atomic E-state index is 10.3. The molecule has 1 aliphatic heterocycles. The van der Waals surface area contributed by atoms with E-state index in [2.05, 4.69) is 10.5 Å². The first-order chi connectivity index (χ1) is 3.30. The van der Waals surface area contributed by atoms with E-state index in [1.807, 2.05) is 0 Å². The number of hydrogen-bond donors (Lipinski definition) is 1. The normalized spacial score (nSPS) is 26.6. The van der Waals surface area contributed by atoms with Crippen LogP contribution in [-0.2, 0) is 9.53 Å². The second kappa shape index (κ2) is 3.04. The van der Waals surface area contributed by atoms with Crippen LogP contribution in [0.5, 0.6) is 0 Å². The number of quaternary nitrogens is 1. The highest BCUT2D eigenvalue weighted by Crippen LogP contribution is 1.99. The Morgan fingerprint density at radius 1 is 1.75 bits per heavy atom. The molecule has 1 fully saturated rings. The number of carbonyl (C=O) groups excluding carboxylic acids is 1. The SMILES string of the molecule is [Br-].[NH3+][C@H]1CCOC1=O. The zero-order valence-corrected chi connectivity index (χ0v) is 5.98. The van der Waals surface area contributed by atoms with Gasteiger partial charge in [0, 0.05) is 6.42 Å². The third kappa shape index (κ3) is 1.45. The molecule has 1 saturated heterocycles. The Balaban J connectivity index is 0.000000490. The van der Waals surface area contributed by atoms with Gasteiger partial charge in [0.15, 0.2) is 6.04 Å². The summed E-state index contributed by atoms with van der Waals surface area (Å²) in [6.07, 6.45) is 0.791. The molecule has 48 valence electrons. The van der Waals surface area contributed by atoms with Gasteiger partial charge >= 0.3 is 5.97 Å². The monoisotopic (exact) mass is 181 g/mol. The molecule has 0 aromatic rings. The maximum Gasteiger partial charge on any atom is 0.364 e. The lowest BCUT2D eigenvalue weighted by Gasteiger charge is -1.86. The fourth-order valence-electron chi connectivity index (χ4n) is 0.537. The molecule has 1 rings (SSSR count). The van der Waals surface area contributed by atoms with Crippen LogP contribution < -0.4 is 22.7 Å². The third-order valence-corrected chi connectivity index (χ3v) is 1.04. The molecule has 0 aliphatic carbocycles. The molecular formula is C4H8BrNO2. The van der Waals surface area contributed by atoms with Crippen molar-refractivity contribution in [3.05, 3.63) is 0 Å². The summed E-state index contributed by atoms with van der Waals surface area (Å²) in [6.45, 7) is 0.562. The van der Waals surface area contributed by atoms with Gasteiger partial charge in [0.25, 0.3) is 0 Å². The van der Waals surface area contributed by atoms with Crippen LogP contribution in [0.25, 0.3) is 0 Å². The molecular weight excluding hydrogens is 174 g/mol. The summed E-state index contributed by atoms with van der Waals surface area (Å²) in [5.41, 5.74) is 3.54. The van der Waals surface area contributed by atoms with Crippen molar-refractivity contribution in [1.82, 2.24) is 0 Å². The van der Waals surface area contributed by atoms with E-state index in [4.69, 9.17) is 0 Å². The van der Waals surface area contributed by atoms with Crippen molar-refractivity contribution in [2.75, 3.05) is 6.61 Å². The predicted octanol–water partition coefficient (Wildman–Crippen LogP) is -4.45. The van der Waals surface area contributed by atoms with Crippen LogP contribution in [0.3, 0.4) is 0 Å². The standard InChI is InChI=1S/C4H7NO2.BrH/c5-3-1-2-7-4(3)6;/h3H,1-2,5H2;1H/t3-;/m0./s1. The summed E-state index contributed by atoms with van der Waals surface area (Å²) in [5.74, 6) is -0.153. The third-order valence-electron chi connectivity index (χ3n) is 1.04. The van der Waals surface area contributed by atoms with E-state index in [0.29, 0.717) is 6.61 Å². The van der Waals surface area contributed by atoms with Gasteiger partial charge in [-0.15, -0.1) is 0 Å². The van der Waals surface area contributed by atoms with Gasteiger partial charge in [0.05, 0.1) is 6.61 Å². The Bertz CT molecular complexity index is 96.0. The lowest BCUT2D eigenvalue weighted by Crippen LogP contribution is -3.00. The van der Waals surface area contributed by atoms with Gasteiger partial charge in [-0.1, -0.05) is 0 Å². The predicted molar refractivity (Wildman–Crippen MR) is 22.3 cm³/mol. The van der Waals surface area contributed by atoms with Crippen molar-refractivity contribution < 1.29 is 32.2 Å². The van der Waals surface area contributed by atoms with E-state index >= 15 is 0 Å². The fourth-order valence-corrected chi connectivity index (χ4v) is 0.537. The van der Waals surface area contributed by atoms with Gasteiger partial charge in [-0.2, -0.15) is 0 Å². The zero-order chi connectivity index (χ0) is 5.28. The average Bonchev–Trinajstić information content (AvgIpc) is 1.91. The molecule has 3 nitrogen and oxygen atoms in total. The van der Waals surface area contributed by atoms with Crippen molar-refractivity contribution in [2.24, 2.45) is 0 Å². The summed E-state index contributed by atoms with van der Waals surface area (Å²) in [7, 11) is 0. The second-order valence-corrected chi connectivity index (χ2v) is 1.65. The molecule has 0 saturated carbocycles. The first-order valence-corrected chi connectivity index (χ1v) is 2.30. The number of halogens is 1. The lowest BCUT2D eigenvalue weighted by molar-refractivity contribution is -0.401. The second-order valence-electron chi connectivity index (χ2n) is 1.65. The van der Waals surface area contributed by atoms with Crippen molar-refractivity contribution in [1.29, 1.82) is 0 Å². The highest BCUT2D eigenvalue weighted by atomic mass is 79.9. The lowest BCUT2D eigenvalue weighted by atomic mass is 10.3. The summed E-state index contributed by atoms with van der Waals surface area (Å²) in [6, 6.07) is -0.0972. The van der Waals surface area contributed by atoms with E-state index < -0.39 is 0 Å². The molecule has 0 amide bonds. The Morgan fingerprint density at radius 2 is 2.38 bits per heavy atom. The van der Waals surface area contributed by atoms with Crippen LogP contribution in [0, 0.1) is 0 Å². The number of esters is 1. The number of rotatable bonds is 0. The van der Waals surface area contributed by atoms with Crippen LogP contribution in [0.2, 0.25) is 0 Å². The van der Waals surface area contributed by atoms with Crippen LogP contribution >= 0.6 is 0 Å². The van der Waals surface area contributed by atoms with Crippen molar-refractivity contribution in [2.45, 2.75) is 12.5 Å². The highest BCUT2D eigenvalue weighted by molar-refractivity contribution is 5.75. The molecule has 1 atom stereocenters. The highest BCUT2D eigenvalue weighted by Gasteiger charge is 2.24. The summed E-state index contributed by atoms with van der Waals surface area (Å²) in [5, 5.41) is 0. The van der Waals surface area contributed by atoms with Gasteiger partial charge in [0.2, 0.25) is 0 Å². The molecule has 0 unspecified atom stereocenters. The molecule has 3 N–H and O–H groups in total. The number of hydrogen-bond acceptors (Lipinski definition) is 2. The zero-order valence-electron chi connectivity index (χ0n) is 4.39. The van der Waals surface area contributed by atoms with Crippen LogP contribution in [-0.4, -0.2) is 18.6 Å². The molecule has 0 aromatic heterocycles. The Hall–Kier alpha value is -0.0900. The molecule has 1 aliphatic rings. The van der Waals surface area contributed by atoms with E-state index in [-0.39, 0.29) is 29.0 Å². The number of cyclic esters (lactones) is 1. The van der Waals surface area contributed by atoms with Gasteiger partial charge in [0.1, 0.15) is 0 Å². The Kier molecular flexibility index (Phi) is 3.01. The quantitative estimate of drug-likeness (QED) is 0.384. The fraction of sp³-hybridized carbons (Fsp3) is 0.750. The molecule has 0 aromatic carbocycles. The molecule has 0 bridgehead atoms.